The average molecular weight is 374 g/mol. The molecule has 1 spiro atoms. The Bertz CT molecular complexity index is 777. The van der Waals surface area contributed by atoms with Crippen LogP contribution in [0.2, 0.25) is 0 Å². The minimum atomic E-state index is -0.309. The van der Waals surface area contributed by atoms with Crippen molar-refractivity contribution in [3.05, 3.63) is 58.4 Å². The van der Waals surface area contributed by atoms with Gasteiger partial charge in [-0.15, -0.1) is 23.5 Å². The van der Waals surface area contributed by atoms with Crippen LogP contribution in [0.1, 0.15) is 18.5 Å². The minimum absolute atomic E-state index is 0.152. The molecule has 0 atom stereocenters. The molecule has 0 amide bonds. The molecule has 5 nitrogen and oxygen atoms in total. The quantitative estimate of drug-likeness (QED) is 0.591. The maximum atomic E-state index is 11.0. The smallest absolute Gasteiger partial charge is 0.270 e. The molecule has 2 aromatic rings. The van der Waals surface area contributed by atoms with Crippen LogP contribution in [0.25, 0.3) is 0 Å². The maximum Gasteiger partial charge on any atom is 0.270 e. The fourth-order valence-corrected chi connectivity index (χ4v) is 6.51. The summed E-state index contributed by atoms with van der Waals surface area (Å²) in [5, 5.41) is 11.0. The predicted molar refractivity (Wildman–Crippen MR) is 101 cm³/mol. The van der Waals surface area contributed by atoms with Gasteiger partial charge in [0, 0.05) is 59.9 Å². The fourth-order valence-electron chi connectivity index (χ4n) is 3.34. The van der Waals surface area contributed by atoms with E-state index >= 15 is 0 Å². The number of likely N-dealkylation sites (tertiary alicyclic amines) is 1. The van der Waals surface area contributed by atoms with E-state index in [-0.39, 0.29) is 14.7 Å². The van der Waals surface area contributed by atoms with Crippen molar-refractivity contribution in [2.24, 2.45) is 0 Å². The first-order chi connectivity index (χ1) is 12.1. The van der Waals surface area contributed by atoms with Crippen molar-refractivity contribution in [2.45, 2.75) is 33.1 Å². The molecular formula is C18H19N3O2S2. The highest BCUT2D eigenvalue weighted by atomic mass is 32.2. The number of rotatable bonds is 4. The standard InChI is InChI=1S/C18H19N3O2S2/c22-21(23)15-4-5-16-17(13-15)25-18(24-16)7-11-20(12-8-18)10-6-14-3-1-2-9-19-14/h1-5,9,13H,6-8,10-12H2. The van der Waals surface area contributed by atoms with Gasteiger partial charge in [0.05, 0.1) is 9.00 Å². The molecule has 0 aliphatic carbocycles. The van der Waals surface area contributed by atoms with Gasteiger partial charge >= 0.3 is 0 Å². The molecule has 3 heterocycles. The first kappa shape index (κ1) is 16.9. The van der Waals surface area contributed by atoms with Crippen LogP contribution in [-0.2, 0) is 6.42 Å². The summed E-state index contributed by atoms with van der Waals surface area (Å²) in [4.78, 5) is 19.8. The zero-order chi connectivity index (χ0) is 17.3. The van der Waals surface area contributed by atoms with Gasteiger partial charge in [0.15, 0.2) is 0 Å². The van der Waals surface area contributed by atoms with E-state index in [1.54, 1.807) is 12.1 Å². The minimum Gasteiger partial charge on any atom is -0.303 e. The first-order valence-electron chi connectivity index (χ1n) is 8.42. The number of pyridine rings is 1. The SMILES string of the molecule is O=[N+]([O-])c1ccc2c(c1)SC1(CCN(CCc3ccccn3)CC1)S2. The molecular weight excluding hydrogens is 354 g/mol. The van der Waals surface area contributed by atoms with Crippen LogP contribution in [0, 0.1) is 10.1 Å². The summed E-state index contributed by atoms with van der Waals surface area (Å²) in [5.74, 6) is 0. The summed E-state index contributed by atoms with van der Waals surface area (Å²) in [6, 6.07) is 11.3. The highest BCUT2D eigenvalue weighted by Crippen LogP contribution is 2.60. The lowest BCUT2D eigenvalue weighted by molar-refractivity contribution is -0.385. The van der Waals surface area contributed by atoms with Gasteiger partial charge < -0.3 is 4.90 Å². The molecule has 4 rings (SSSR count). The maximum absolute atomic E-state index is 11.0. The molecule has 2 aliphatic rings. The topological polar surface area (TPSA) is 59.3 Å². The lowest BCUT2D eigenvalue weighted by atomic mass is 10.1. The predicted octanol–water partition coefficient (Wildman–Crippen LogP) is 4.22. The van der Waals surface area contributed by atoms with E-state index < -0.39 is 0 Å². The summed E-state index contributed by atoms with van der Waals surface area (Å²) in [6.07, 6.45) is 5.04. The monoisotopic (exact) mass is 373 g/mol. The third-order valence-corrected chi connectivity index (χ3v) is 8.08. The van der Waals surface area contributed by atoms with Gasteiger partial charge in [0.1, 0.15) is 0 Å². The molecule has 130 valence electrons. The Morgan fingerprint density at radius 1 is 1.16 bits per heavy atom. The van der Waals surface area contributed by atoms with Crippen LogP contribution in [0.4, 0.5) is 5.69 Å². The van der Waals surface area contributed by atoms with E-state index in [0.29, 0.717) is 0 Å². The summed E-state index contributed by atoms with van der Waals surface area (Å²) >= 11 is 3.72. The number of aromatic nitrogens is 1. The molecule has 1 saturated heterocycles. The lowest BCUT2D eigenvalue weighted by Crippen LogP contribution is -2.40. The molecule has 0 radical (unpaired) electrons. The van der Waals surface area contributed by atoms with Crippen molar-refractivity contribution < 1.29 is 4.92 Å². The van der Waals surface area contributed by atoms with Crippen LogP contribution in [0.3, 0.4) is 0 Å². The number of non-ortho nitro benzene ring substituents is 1. The molecule has 0 unspecified atom stereocenters. The largest absolute Gasteiger partial charge is 0.303 e. The number of hydrogen-bond acceptors (Lipinski definition) is 6. The Kier molecular flexibility index (Phi) is 4.71. The number of hydrogen-bond donors (Lipinski definition) is 0. The van der Waals surface area contributed by atoms with Gasteiger partial charge in [-0.1, -0.05) is 6.07 Å². The number of piperidine rings is 1. The Balaban J connectivity index is 1.35. The number of nitrogens with zero attached hydrogens (tertiary/aromatic N) is 3. The summed E-state index contributed by atoms with van der Waals surface area (Å²) < 4.78 is 0.152. The second-order valence-electron chi connectivity index (χ2n) is 6.42. The van der Waals surface area contributed by atoms with Crippen molar-refractivity contribution in [3.63, 3.8) is 0 Å². The zero-order valence-corrected chi connectivity index (χ0v) is 15.4. The van der Waals surface area contributed by atoms with Gasteiger partial charge in [-0.25, -0.2) is 0 Å². The van der Waals surface area contributed by atoms with E-state index in [2.05, 4.69) is 16.0 Å². The zero-order valence-electron chi connectivity index (χ0n) is 13.8. The molecule has 0 N–H and O–H groups in total. The number of nitro benzene ring substituents is 1. The molecule has 2 aliphatic heterocycles. The highest BCUT2D eigenvalue weighted by Gasteiger charge is 2.42. The number of benzene rings is 1. The summed E-state index contributed by atoms with van der Waals surface area (Å²) in [6.45, 7) is 3.19. The van der Waals surface area contributed by atoms with E-state index in [4.69, 9.17) is 0 Å². The Morgan fingerprint density at radius 3 is 2.68 bits per heavy atom. The molecule has 0 bridgehead atoms. The van der Waals surface area contributed by atoms with Crippen molar-refractivity contribution in [1.82, 2.24) is 9.88 Å². The van der Waals surface area contributed by atoms with E-state index in [1.807, 2.05) is 47.9 Å². The van der Waals surface area contributed by atoms with Gasteiger partial charge in [-0.2, -0.15) is 0 Å². The van der Waals surface area contributed by atoms with Crippen LogP contribution in [0.15, 0.2) is 52.4 Å². The molecule has 1 fully saturated rings. The van der Waals surface area contributed by atoms with Crippen molar-refractivity contribution in [3.8, 4) is 0 Å². The number of fused-ring (bicyclic) bond motifs is 1. The normalized spacial score (nSPS) is 19.0. The fraction of sp³-hybridized carbons (Fsp3) is 0.389. The molecule has 0 saturated carbocycles. The van der Waals surface area contributed by atoms with Crippen LogP contribution in [0.5, 0.6) is 0 Å². The second-order valence-corrected chi connectivity index (χ2v) is 9.52. The van der Waals surface area contributed by atoms with Crippen molar-refractivity contribution in [2.75, 3.05) is 19.6 Å². The van der Waals surface area contributed by atoms with Crippen molar-refractivity contribution in [1.29, 1.82) is 0 Å². The Morgan fingerprint density at radius 2 is 1.96 bits per heavy atom. The van der Waals surface area contributed by atoms with E-state index in [0.717, 1.165) is 49.5 Å². The third-order valence-electron chi connectivity index (χ3n) is 4.76. The highest BCUT2D eigenvalue weighted by molar-refractivity contribution is 8.20. The van der Waals surface area contributed by atoms with Crippen LogP contribution >= 0.6 is 23.5 Å². The first-order valence-corrected chi connectivity index (χ1v) is 10.1. The Hall–Kier alpha value is -1.57. The summed E-state index contributed by atoms with van der Waals surface area (Å²) in [7, 11) is 0. The van der Waals surface area contributed by atoms with E-state index in [9.17, 15) is 10.1 Å². The second kappa shape index (κ2) is 6.97. The van der Waals surface area contributed by atoms with Gasteiger partial charge in [0.2, 0.25) is 0 Å². The average Bonchev–Trinajstić information content (AvgIpc) is 2.99. The van der Waals surface area contributed by atoms with Gasteiger partial charge in [-0.3, -0.25) is 15.1 Å². The summed E-state index contributed by atoms with van der Waals surface area (Å²) in [5.41, 5.74) is 1.34. The van der Waals surface area contributed by atoms with Crippen LogP contribution in [-0.4, -0.2) is 38.5 Å². The van der Waals surface area contributed by atoms with E-state index in [1.165, 1.54) is 4.90 Å². The molecule has 1 aromatic heterocycles. The molecule has 25 heavy (non-hydrogen) atoms. The van der Waals surface area contributed by atoms with Crippen LogP contribution < -0.4 is 0 Å². The number of nitro groups is 1. The Labute approximate surface area is 155 Å². The number of thioether (sulfide) groups is 2. The molecule has 1 aromatic carbocycles. The van der Waals surface area contributed by atoms with Gasteiger partial charge in [0.25, 0.3) is 5.69 Å². The van der Waals surface area contributed by atoms with Crippen molar-refractivity contribution >= 4 is 29.2 Å². The third kappa shape index (κ3) is 3.68. The van der Waals surface area contributed by atoms with Gasteiger partial charge in [-0.05, 0) is 31.0 Å². The lowest BCUT2D eigenvalue weighted by Gasteiger charge is -2.37. The molecule has 7 heteroatoms.